The van der Waals surface area contributed by atoms with Crippen LogP contribution in [-0.2, 0) is 0 Å². The first-order chi connectivity index (χ1) is 6.27. The van der Waals surface area contributed by atoms with Gasteiger partial charge in [0.15, 0.2) is 0 Å². The molecule has 0 aromatic carbocycles. The summed E-state index contributed by atoms with van der Waals surface area (Å²) in [5, 5.41) is 1.27. The molecule has 1 fully saturated rings. The van der Waals surface area contributed by atoms with Crippen molar-refractivity contribution in [3.63, 3.8) is 0 Å². The van der Waals surface area contributed by atoms with Crippen LogP contribution >= 0.6 is 11.5 Å². The Labute approximate surface area is 83.6 Å². The van der Waals surface area contributed by atoms with Crippen LogP contribution in [0.4, 0.5) is 0 Å². The summed E-state index contributed by atoms with van der Waals surface area (Å²) in [5.41, 5.74) is 0. The molecule has 2 nitrogen and oxygen atoms in total. The molecule has 1 aliphatic rings. The van der Waals surface area contributed by atoms with E-state index in [9.17, 15) is 0 Å². The first kappa shape index (κ1) is 9.13. The van der Waals surface area contributed by atoms with Gasteiger partial charge in [0.25, 0.3) is 0 Å². The van der Waals surface area contributed by atoms with E-state index in [1.165, 1.54) is 30.7 Å². The van der Waals surface area contributed by atoms with Gasteiger partial charge in [-0.2, -0.15) is 4.37 Å². The molecular weight excluding hydrogens is 180 g/mol. The highest BCUT2D eigenvalue weighted by Gasteiger charge is 2.25. The lowest BCUT2D eigenvalue weighted by molar-refractivity contribution is 0.330. The van der Waals surface area contributed by atoms with E-state index in [1.807, 2.05) is 6.92 Å². The number of hydrogen-bond acceptors (Lipinski definition) is 3. The van der Waals surface area contributed by atoms with Crippen LogP contribution in [0.25, 0.3) is 0 Å². The second-order valence-corrected chi connectivity index (χ2v) is 4.83. The fourth-order valence-corrected chi connectivity index (χ4v) is 3.07. The Morgan fingerprint density at radius 2 is 2.08 bits per heavy atom. The smallest absolute Gasteiger partial charge is 0.139 e. The number of aryl methyl sites for hydroxylation is 1. The molecule has 2 atom stereocenters. The van der Waals surface area contributed by atoms with Crippen LogP contribution in [0, 0.1) is 12.8 Å². The molecule has 0 saturated heterocycles. The fourth-order valence-electron chi connectivity index (χ4n) is 2.15. The van der Waals surface area contributed by atoms with Crippen molar-refractivity contribution in [1.82, 2.24) is 9.36 Å². The molecule has 0 aliphatic heterocycles. The Bertz CT molecular complexity index is 282. The molecule has 0 bridgehead atoms. The van der Waals surface area contributed by atoms with Gasteiger partial charge in [-0.05, 0) is 30.8 Å². The molecule has 0 radical (unpaired) electrons. The van der Waals surface area contributed by atoms with Crippen molar-refractivity contribution >= 4 is 11.5 Å². The zero-order valence-corrected chi connectivity index (χ0v) is 9.10. The Morgan fingerprint density at radius 3 is 2.69 bits per heavy atom. The van der Waals surface area contributed by atoms with Crippen LogP contribution in [0.15, 0.2) is 0 Å². The highest BCUT2D eigenvalue weighted by molar-refractivity contribution is 7.05. The van der Waals surface area contributed by atoms with Crippen molar-refractivity contribution in [2.24, 2.45) is 5.92 Å². The molecule has 0 amide bonds. The lowest BCUT2D eigenvalue weighted by Crippen LogP contribution is -2.14. The van der Waals surface area contributed by atoms with Crippen LogP contribution in [-0.4, -0.2) is 9.36 Å². The highest BCUT2D eigenvalue weighted by Crippen LogP contribution is 2.37. The van der Waals surface area contributed by atoms with Gasteiger partial charge in [-0.1, -0.05) is 26.2 Å². The maximum atomic E-state index is 4.49. The fraction of sp³-hybridized carbons (Fsp3) is 0.800. The van der Waals surface area contributed by atoms with Gasteiger partial charge in [0, 0.05) is 5.92 Å². The van der Waals surface area contributed by atoms with Crippen LogP contribution in [0.3, 0.4) is 0 Å². The van der Waals surface area contributed by atoms with Gasteiger partial charge in [0.1, 0.15) is 10.8 Å². The van der Waals surface area contributed by atoms with Crippen LogP contribution in [0.5, 0.6) is 0 Å². The molecule has 2 unspecified atom stereocenters. The highest BCUT2D eigenvalue weighted by atomic mass is 32.1. The molecule has 3 heteroatoms. The van der Waals surface area contributed by atoms with Gasteiger partial charge in [0.2, 0.25) is 0 Å². The minimum Gasteiger partial charge on any atom is -0.225 e. The zero-order chi connectivity index (χ0) is 9.26. The first-order valence-corrected chi connectivity index (χ1v) is 5.85. The van der Waals surface area contributed by atoms with E-state index in [4.69, 9.17) is 0 Å². The number of nitrogens with zero attached hydrogens (tertiary/aromatic N) is 2. The van der Waals surface area contributed by atoms with E-state index in [0.717, 1.165) is 11.7 Å². The van der Waals surface area contributed by atoms with E-state index in [-0.39, 0.29) is 0 Å². The third-order valence-corrected chi connectivity index (χ3v) is 3.91. The average Bonchev–Trinajstić information content (AvgIpc) is 2.53. The molecule has 2 rings (SSSR count). The molecule has 1 saturated carbocycles. The lowest BCUT2D eigenvalue weighted by atomic mass is 9.81. The minimum atomic E-state index is 0.694. The van der Waals surface area contributed by atoms with E-state index in [1.54, 1.807) is 11.5 Å². The van der Waals surface area contributed by atoms with Crippen molar-refractivity contribution in [2.45, 2.75) is 45.4 Å². The monoisotopic (exact) mass is 196 g/mol. The van der Waals surface area contributed by atoms with Crippen LogP contribution in [0.2, 0.25) is 0 Å². The Hall–Kier alpha value is -0.440. The first-order valence-electron chi connectivity index (χ1n) is 5.07. The summed E-state index contributed by atoms with van der Waals surface area (Å²) in [5.74, 6) is 2.44. The summed E-state index contributed by atoms with van der Waals surface area (Å²) in [6.45, 7) is 4.33. The van der Waals surface area contributed by atoms with Gasteiger partial charge < -0.3 is 0 Å². The van der Waals surface area contributed by atoms with Gasteiger partial charge >= 0.3 is 0 Å². The minimum absolute atomic E-state index is 0.694. The third-order valence-electron chi connectivity index (χ3n) is 2.97. The zero-order valence-electron chi connectivity index (χ0n) is 8.29. The molecule has 0 N–H and O–H groups in total. The lowest BCUT2D eigenvalue weighted by Gasteiger charge is -2.26. The van der Waals surface area contributed by atoms with Gasteiger partial charge in [-0.25, -0.2) is 4.98 Å². The molecule has 13 heavy (non-hydrogen) atoms. The van der Waals surface area contributed by atoms with Crippen molar-refractivity contribution in [2.75, 3.05) is 0 Å². The Morgan fingerprint density at radius 1 is 1.31 bits per heavy atom. The second kappa shape index (κ2) is 3.74. The van der Waals surface area contributed by atoms with Gasteiger partial charge in [-0.3, -0.25) is 0 Å². The molecule has 1 heterocycles. The SMILES string of the molecule is Cc1nsc(C2CCCCC2C)n1. The van der Waals surface area contributed by atoms with Crippen molar-refractivity contribution in [3.8, 4) is 0 Å². The summed E-state index contributed by atoms with van der Waals surface area (Å²) < 4.78 is 4.26. The quantitative estimate of drug-likeness (QED) is 0.689. The van der Waals surface area contributed by atoms with Gasteiger partial charge in [0.05, 0.1) is 0 Å². The number of aromatic nitrogens is 2. The molecule has 1 aliphatic carbocycles. The summed E-state index contributed by atoms with van der Waals surface area (Å²) in [7, 11) is 0. The van der Waals surface area contributed by atoms with E-state index < -0.39 is 0 Å². The Kier molecular flexibility index (Phi) is 2.63. The maximum absolute atomic E-state index is 4.49. The summed E-state index contributed by atoms with van der Waals surface area (Å²) >= 11 is 1.60. The molecule has 72 valence electrons. The van der Waals surface area contributed by atoms with Crippen molar-refractivity contribution in [1.29, 1.82) is 0 Å². The number of hydrogen-bond donors (Lipinski definition) is 0. The standard InChI is InChI=1S/C10H16N2S/c1-7-5-3-4-6-9(7)10-11-8(2)12-13-10/h7,9H,3-6H2,1-2H3. The van der Waals surface area contributed by atoms with Crippen molar-refractivity contribution in [3.05, 3.63) is 10.8 Å². The summed E-state index contributed by atoms with van der Waals surface area (Å²) in [6, 6.07) is 0. The molecule has 1 aromatic heterocycles. The predicted octanol–water partition coefficient (Wildman–Crippen LogP) is 3.14. The molecule has 0 spiro atoms. The van der Waals surface area contributed by atoms with E-state index in [2.05, 4.69) is 16.3 Å². The van der Waals surface area contributed by atoms with Crippen molar-refractivity contribution < 1.29 is 0 Å². The van der Waals surface area contributed by atoms with Crippen LogP contribution < -0.4 is 0 Å². The predicted molar refractivity (Wildman–Crippen MR) is 55.0 cm³/mol. The summed E-state index contributed by atoms with van der Waals surface area (Å²) in [6.07, 6.45) is 5.45. The maximum Gasteiger partial charge on any atom is 0.139 e. The van der Waals surface area contributed by atoms with Gasteiger partial charge in [-0.15, -0.1) is 0 Å². The van der Waals surface area contributed by atoms with Crippen LogP contribution in [0.1, 0.15) is 49.4 Å². The average molecular weight is 196 g/mol. The molecule has 1 aromatic rings. The largest absolute Gasteiger partial charge is 0.225 e. The third kappa shape index (κ3) is 1.90. The Balaban J connectivity index is 2.14. The van der Waals surface area contributed by atoms with E-state index in [0.29, 0.717) is 5.92 Å². The topological polar surface area (TPSA) is 25.8 Å². The van der Waals surface area contributed by atoms with E-state index >= 15 is 0 Å². The second-order valence-electron chi connectivity index (χ2n) is 4.05. The number of rotatable bonds is 1. The normalized spacial score (nSPS) is 29.1. The molecular formula is C10H16N2S. The summed E-state index contributed by atoms with van der Waals surface area (Å²) in [4.78, 5) is 4.49.